The Morgan fingerprint density at radius 1 is 1.29 bits per heavy atom. The fourth-order valence-electron chi connectivity index (χ4n) is 2.74. The fraction of sp³-hybridized carbons (Fsp3) is 0.571. The molecule has 0 spiro atoms. The predicted octanol–water partition coefficient (Wildman–Crippen LogP) is 1.78. The van der Waals surface area contributed by atoms with Gasteiger partial charge in [-0.2, -0.15) is 0 Å². The molecule has 2 N–H and O–H groups in total. The van der Waals surface area contributed by atoms with E-state index in [-0.39, 0.29) is 6.10 Å². The molecule has 2 rings (SSSR count). The van der Waals surface area contributed by atoms with E-state index in [9.17, 15) is 0 Å². The second-order valence-electron chi connectivity index (χ2n) is 4.92. The molecule has 1 atom stereocenters. The zero-order chi connectivity index (χ0) is 12.4. The molecular weight excluding hydrogens is 212 g/mol. The average Bonchev–Trinajstić information content (AvgIpc) is 2.28. The van der Waals surface area contributed by atoms with E-state index in [0.29, 0.717) is 6.54 Å². The Morgan fingerprint density at radius 2 is 1.94 bits per heavy atom. The topological polar surface area (TPSA) is 38.5 Å². The summed E-state index contributed by atoms with van der Waals surface area (Å²) in [6.07, 6.45) is 0.170. The van der Waals surface area contributed by atoms with Crippen molar-refractivity contribution in [3.8, 4) is 0 Å². The van der Waals surface area contributed by atoms with Gasteiger partial charge in [-0.05, 0) is 31.9 Å². The maximum Gasteiger partial charge on any atom is 0.0872 e. The number of rotatable bonds is 2. The Bertz CT molecular complexity index is 380. The van der Waals surface area contributed by atoms with Crippen LogP contribution in [-0.2, 0) is 4.74 Å². The molecule has 0 aliphatic carbocycles. The van der Waals surface area contributed by atoms with E-state index in [0.717, 1.165) is 19.7 Å². The summed E-state index contributed by atoms with van der Waals surface area (Å²) in [5.41, 5.74) is 11.1. The van der Waals surface area contributed by atoms with Crippen molar-refractivity contribution < 1.29 is 4.74 Å². The first-order valence-electron chi connectivity index (χ1n) is 6.26. The average molecular weight is 234 g/mol. The lowest BCUT2D eigenvalue weighted by Crippen LogP contribution is -2.46. The first kappa shape index (κ1) is 12.4. The third kappa shape index (κ3) is 2.61. The van der Waals surface area contributed by atoms with Crippen molar-refractivity contribution in [1.29, 1.82) is 0 Å². The molecule has 94 valence electrons. The Kier molecular flexibility index (Phi) is 3.69. The van der Waals surface area contributed by atoms with Crippen molar-refractivity contribution in [3.05, 3.63) is 28.8 Å². The van der Waals surface area contributed by atoms with Gasteiger partial charge in [-0.25, -0.2) is 0 Å². The molecule has 0 aromatic heterocycles. The maximum absolute atomic E-state index is 5.69. The van der Waals surface area contributed by atoms with Gasteiger partial charge in [-0.3, -0.25) is 0 Å². The number of morpholine rings is 1. The van der Waals surface area contributed by atoms with Gasteiger partial charge >= 0.3 is 0 Å². The zero-order valence-corrected chi connectivity index (χ0v) is 11.0. The highest BCUT2D eigenvalue weighted by atomic mass is 16.5. The summed E-state index contributed by atoms with van der Waals surface area (Å²) in [4.78, 5) is 2.41. The van der Waals surface area contributed by atoms with Crippen LogP contribution in [0.1, 0.15) is 16.7 Å². The van der Waals surface area contributed by atoms with Gasteiger partial charge in [-0.1, -0.05) is 17.7 Å². The van der Waals surface area contributed by atoms with Gasteiger partial charge < -0.3 is 15.4 Å². The van der Waals surface area contributed by atoms with Crippen molar-refractivity contribution in [2.45, 2.75) is 26.9 Å². The van der Waals surface area contributed by atoms with Crippen LogP contribution in [0.2, 0.25) is 0 Å². The van der Waals surface area contributed by atoms with Crippen molar-refractivity contribution >= 4 is 5.69 Å². The third-order valence-electron chi connectivity index (χ3n) is 3.35. The van der Waals surface area contributed by atoms with Gasteiger partial charge in [0.2, 0.25) is 0 Å². The number of ether oxygens (including phenoxy) is 1. The Balaban J connectivity index is 2.27. The van der Waals surface area contributed by atoms with Crippen LogP contribution in [0, 0.1) is 20.8 Å². The standard InChI is InChI=1S/C14H22N2O/c1-10-6-11(2)14(12(3)7-10)16-4-5-17-13(8-15)9-16/h6-7,13H,4-5,8-9,15H2,1-3H3. The zero-order valence-electron chi connectivity index (χ0n) is 11.0. The summed E-state index contributed by atoms with van der Waals surface area (Å²) in [6, 6.07) is 4.49. The molecule has 1 aliphatic rings. The van der Waals surface area contributed by atoms with Crippen LogP contribution >= 0.6 is 0 Å². The Hall–Kier alpha value is -1.06. The van der Waals surface area contributed by atoms with E-state index >= 15 is 0 Å². The minimum Gasteiger partial charge on any atom is -0.373 e. The van der Waals surface area contributed by atoms with Crippen LogP contribution in [-0.4, -0.2) is 32.3 Å². The molecule has 1 fully saturated rings. The molecule has 1 saturated heterocycles. The normalized spacial score (nSPS) is 20.7. The van der Waals surface area contributed by atoms with E-state index in [2.05, 4.69) is 37.8 Å². The second-order valence-corrected chi connectivity index (χ2v) is 4.92. The molecule has 3 heteroatoms. The Labute approximate surface area is 104 Å². The van der Waals surface area contributed by atoms with E-state index in [1.807, 2.05) is 0 Å². The van der Waals surface area contributed by atoms with E-state index in [4.69, 9.17) is 10.5 Å². The van der Waals surface area contributed by atoms with Crippen LogP contribution in [0.15, 0.2) is 12.1 Å². The third-order valence-corrected chi connectivity index (χ3v) is 3.35. The van der Waals surface area contributed by atoms with Crippen molar-refractivity contribution in [1.82, 2.24) is 0 Å². The molecule has 1 heterocycles. The number of anilines is 1. The van der Waals surface area contributed by atoms with Crippen LogP contribution < -0.4 is 10.6 Å². The van der Waals surface area contributed by atoms with Gasteiger partial charge in [0.15, 0.2) is 0 Å². The van der Waals surface area contributed by atoms with Crippen LogP contribution in [0.4, 0.5) is 5.69 Å². The SMILES string of the molecule is Cc1cc(C)c(N2CCOC(CN)C2)c(C)c1. The molecule has 1 aliphatic heterocycles. The number of aryl methyl sites for hydroxylation is 3. The summed E-state index contributed by atoms with van der Waals surface area (Å²) >= 11 is 0. The second kappa shape index (κ2) is 5.07. The molecule has 1 aromatic carbocycles. The number of nitrogens with zero attached hydrogens (tertiary/aromatic N) is 1. The number of nitrogens with two attached hydrogens (primary N) is 1. The van der Waals surface area contributed by atoms with Crippen molar-refractivity contribution in [2.75, 3.05) is 31.1 Å². The van der Waals surface area contributed by atoms with Gasteiger partial charge in [0, 0.05) is 25.3 Å². The monoisotopic (exact) mass is 234 g/mol. The highest BCUT2D eigenvalue weighted by molar-refractivity contribution is 5.60. The summed E-state index contributed by atoms with van der Waals surface area (Å²) in [6.45, 7) is 9.74. The van der Waals surface area contributed by atoms with Gasteiger partial charge in [0.05, 0.1) is 12.7 Å². The smallest absolute Gasteiger partial charge is 0.0872 e. The molecule has 0 amide bonds. The van der Waals surface area contributed by atoms with Crippen molar-refractivity contribution in [3.63, 3.8) is 0 Å². The first-order chi connectivity index (χ1) is 8.11. The van der Waals surface area contributed by atoms with Crippen LogP contribution in [0.25, 0.3) is 0 Å². The quantitative estimate of drug-likeness (QED) is 0.847. The van der Waals surface area contributed by atoms with Gasteiger partial charge in [-0.15, -0.1) is 0 Å². The largest absolute Gasteiger partial charge is 0.373 e. The molecular formula is C14H22N2O. The Morgan fingerprint density at radius 3 is 2.53 bits per heavy atom. The number of hydrogen-bond donors (Lipinski definition) is 1. The van der Waals surface area contributed by atoms with Crippen molar-refractivity contribution in [2.24, 2.45) is 5.73 Å². The number of hydrogen-bond acceptors (Lipinski definition) is 3. The lowest BCUT2D eigenvalue weighted by atomic mass is 10.0. The highest BCUT2D eigenvalue weighted by Crippen LogP contribution is 2.27. The highest BCUT2D eigenvalue weighted by Gasteiger charge is 2.21. The molecule has 3 nitrogen and oxygen atoms in total. The molecule has 1 unspecified atom stereocenters. The molecule has 0 radical (unpaired) electrons. The van der Waals surface area contributed by atoms with Gasteiger partial charge in [0.1, 0.15) is 0 Å². The molecule has 0 bridgehead atoms. The lowest BCUT2D eigenvalue weighted by molar-refractivity contribution is 0.0465. The van der Waals surface area contributed by atoms with E-state index < -0.39 is 0 Å². The van der Waals surface area contributed by atoms with E-state index in [1.165, 1.54) is 22.4 Å². The van der Waals surface area contributed by atoms with E-state index in [1.54, 1.807) is 0 Å². The fourth-order valence-corrected chi connectivity index (χ4v) is 2.74. The first-order valence-corrected chi connectivity index (χ1v) is 6.26. The minimum absolute atomic E-state index is 0.170. The number of benzene rings is 1. The molecule has 17 heavy (non-hydrogen) atoms. The van der Waals surface area contributed by atoms with Crippen LogP contribution in [0.5, 0.6) is 0 Å². The van der Waals surface area contributed by atoms with Crippen LogP contribution in [0.3, 0.4) is 0 Å². The van der Waals surface area contributed by atoms with Gasteiger partial charge in [0.25, 0.3) is 0 Å². The summed E-state index contributed by atoms with van der Waals surface area (Å²) in [5.74, 6) is 0. The minimum atomic E-state index is 0.170. The maximum atomic E-state index is 5.69. The lowest BCUT2D eigenvalue weighted by Gasteiger charge is -2.36. The predicted molar refractivity (Wildman–Crippen MR) is 71.7 cm³/mol. The summed E-state index contributed by atoms with van der Waals surface area (Å²) in [5, 5.41) is 0. The summed E-state index contributed by atoms with van der Waals surface area (Å²) < 4.78 is 5.62. The summed E-state index contributed by atoms with van der Waals surface area (Å²) in [7, 11) is 0. The molecule has 1 aromatic rings. The molecule has 0 saturated carbocycles.